The van der Waals surface area contributed by atoms with Gasteiger partial charge in [-0.3, -0.25) is 0 Å². The Bertz CT molecular complexity index is 400. The Hall–Kier alpha value is -0.840. The Kier molecular flexibility index (Phi) is 4.39. The molecule has 2 rings (SSSR count). The zero-order valence-corrected chi connectivity index (χ0v) is 10.5. The van der Waals surface area contributed by atoms with E-state index in [4.69, 9.17) is 5.73 Å². The molecule has 0 aliphatic heterocycles. The summed E-state index contributed by atoms with van der Waals surface area (Å²) in [6.45, 7) is 0.683. The Morgan fingerprint density at radius 2 is 2.12 bits per heavy atom. The van der Waals surface area contributed by atoms with E-state index in [-0.39, 0.29) is 0 Å². The molecule has 4 heteroatoms. The monoisotopic (exact) mass is 250 g/mol. The van der Waals surface area contributed by atoms with Crippen molar-refractivity contribution < 1.29 is 0 Å². The molecule has 0 amide bonds. The summed E-state index contributed by atoms with van der Waals surface area (Å²) < 4.78 is 1.12. The average Bonchev–Trinajstić information content (AvgIpc) is 2.84. The van der Waals surface area contributed by atoms with Crippen LogP contribution in [-0.2, 0) is 0 Å². The zero-order chi connectivity index (χ0) is 11.2. The lowest BCUT2D eigenvalue weighted by Gasteiger charge is -2.13. The molecule has 0 aliphatic carbocycles. The summed E-state index contributed by atoms with van der Waals surface area (Å²) in [6.07, 6.45) is 1.84. The number of rotatable bonds is 5. The molecule has 0 fully saturated rings. The number of nitrogens with two attached hydrogens (primary N) is 1. The van der Waals surface area contributed by atoms with Crippen LogP contribution in [0.15, 0.2) is 46.2 Å². The van der Waals surface area contributed by atoms with Gasteiger partial charge in [-0.25, -0.2) is 4.98 Å². The number of aromatic nitrogens is 1. The quantitative estimate of drug-likeness (QED) is 0.829. The van der Waals surface area contributed by atoms with Gasteiger partial charge in [0.1, 0.15) is 4.34 Å². The fraction of sp³-hybridized carbons (Fsp3) is 0.250. The van der Waals surface area contributed by atoms with E-state index in [2.05, 4.69) is 29.2 Å². The van der Waals surface area contributed by atoms with E-state index in [0.29, 0.717) is 12.5 Å². The number of benzene rings is 1. The zero-order valence-electron chi connectivity index (χ0n) is 8.87. The molecule has 0 bridgehead atoms. The normalized spacial score (nSPS) is 12.6. The van der Waals surface area contributed by atoms with Crippen molar-refractivity contribution in [2.75, 3.05) is 12.3 Å². The predicted molar refractivity (Wildman–Crippen MR) is 71.1 cm³/mol. The van der Waals surface area contributed by atoms with Crippen LogP contribution >= 0.6 is 23.1 Å². The summed E-state index contributed by atoms with van der Waals surface area (Å²) in [5.41, 5.74) is 7.13. The van der Waals surface area contributed by atoms with Crippen LogP contribution in [0.3, 0.4) is 0 Å². The number of thiazole rings is 1. The maximum atomic E-state index is 5.81. The Morgan fingerprint density at radius 1 is 1.31 bits per heavy atom. The second-order valence-corrected chi connectivity index (χ2v) is 5.61. The number of hydrogen-bond acceptors (Lipinski definition) is 4. The summed E-state index contributed by atoms with van der Waals surface area (Å²) in [5.74, 6) is 1.41. The molecule has 2 aromatic rings. The van der Waals surface area contributed by atoms with E-state index in [9.17, 15) is 0 Å². The van der Waals surface area contributed by atoms with Crippen molar-refractivity contribution in [1.29, 1.82) is 0 Å². The van der Waals surface area contributed by atoms with Crippen molar-refractivity contribution in [3.05, 3.63) is 47.5 Å². The third-order valence-electron chi connectivity index (χ3n) is 2.37. The van der Waals surface area contributed by atoms with Gasteiger partial charge >= 0.3 is 0 Å². The van der Waals surface area contributed by atoms with Gasteiger partial charge in [-0.15, -0.1) is 11.3 Å². The Labute approximate surface area is 104 Å². The second kappa shape index (κ2) is 6.03. The van der Waals surface area contributed by atoms with Crippen molar-refractivity contribution in [3.8, 4) is 0 Å². The number of hydrogen-bond donors (Lipinski definition) is 1. The maximum absolute atomic E-state index is 5.81. The SMILES string of the molecule is NCC(CSc1nccs1)c1ccccc1. The Morgan fingerprint density at radius 3 is 2.75 bits per heavy atom. The standard InChI is InChI=1S/C12H14N2S2/c13-8-11(10-4-2-1-3-5-10)9-16-12-14-6-7-15-12/h1-7,11H,8-9,13H2. The number of nitrogens with zero attached hydrogens (tertiary/aromatic N) is 1. The van der Waals surface area contributed by atoms with Gasteiger partial charge in [-0.1, -0.05) is 42.1 Å². The van der Waals surface area contributed by atoms with E-state index >= 15 is 0 Å². The molecule has 0 saturated carbocycles. The summed E-state index contributed by atoms with van der Waals surface area (Å²) in [6, 6.07) is 10.4. The Balaban J connectivity index is 1.96. The van der Waals surface area contributed by atoms with Crippen molar-refractivity contribution >= 4 is 23.1 Å². The fourth-order valence-corrected chi connectivity index (χ4v) is 3.29. The van der Waals surface area contributed by atoms with Gasteiger partial charge in [-0.05, 0) is 12.1 Å². The minimum atomic E-state index is 0.412. The molecule has 0 radical (unpaired) electrons. The van der Waals surface area contributed by atoms with Gasteiger partial charge in [0.15, 0.2) is 0 Å². The van der Waals surface area contributed by atoms with Crippen molar-refractivity contribution in [2.45, 2.75) is 10.3 Å². The van der Waals surface area contributed by atoms with Crippen LogP contribution in [0, 0.1) is 0 Å². The van der Waals surface area contributed by atoms with Crippen LogP contribution in [0.4, 0.5) is 0 Å². The van der Waals surface area contributed by atoms with Gasteiger partial charge in [-0.2, -0.15) is 0 Å². The van der Waals surface area contributed by atoms with Crippen LogP contribution in [-0.4, -0.2) is 17.3 Å². The smallest absolute Gasteiger partial charge is 0.149 e. The molecule has 84 valence electrons. The van der Waals surface area contributed by atoms with Crippen LogP contribution in [0.1, 0.15) is 11.5 Å². The molecule has 16 heavy (non-hydrogen) atoms. The van der Waals surface area contributed by atoms with Gasteiger partial charge in [0.2, 0.25) is 0 Å². The molecule has 1 aromatic carbocycles. The predicted octanol–water partition coefficient (Wildman–Crippen LogP) is 2.98. The lowest BCUT2D eigenvalue weighted by atomic mass is 10.0. The topological polar surface area (TPSA) is 38.9 Å². The summed E-state index contributed by atoms with van der Waals surface area (Å²) in [7, 11) is 0. The highest BCUT2D eigenvalue weighted by Crippen LogP contribution is 2.26. The first kappa shape index (κ1) is 11.6. The van der Waals surface area contributed by atoms with E-state index in [1.54, 1.807) is 23.1 Å². The third kappa shape index (κ3) is 3.07. The maximum Gasteiger partial charge on any atom is 0.149 e. The molecule has 2 N–H and O–H groups in total. The first-order valence-electron chi connectivity index (χ1n) is 5.17. The van der Waals surface area contributed by atoms with Gasteiger partial charge in [0, 0.05) is 23.2 Å². The average molecular weight is 250 g/mol. The summed E-state index contributed by atoms with van der Waals surface area (Å²) >= 11 is 3.46. The van der Waals surface area contributed by atoms with Crippen molar-refractivity contribution in [3.63, 3.8) is 0 Å². The van der Waals surface area contributed by atoms with E-state index in [1.165, 1.54) is 5.56 Å². The van der Waals surface area contributed by atoms with Crippen LogP contribution in [0.25, 0.3) is 0 Å². The first-order valence-corrected chi connectivity index (χ1v) is 7.04. The fourth-order valence-electron chi connectivity index (χ4n) is 1.48. The van der Waals surface area contributed by atoms with Gasteiger partial charge in [0.05, 0.1) is 0 Å². The molecule has 0 saturated heterocycles. The first-order chi connectivity index (χ1) is 7.90. The largest absolute Gasteiger partial charge is 0.330 e. The van der Waals surface area contributed by atoms with E-state index in [0.717, 1.165) is 10.1 Å². The molecule has 1 aromatic heterocycles. The third-order valence-corrected chi connectivity index (χ3v) is 4.50. The minimum absolute atomic E-state index is 0.412. The van der Waals surface area contributed by atoms with Crippen LogP contribution < -0.4 is 5.73 Å². The second-order valence-electron chi connectivity index (χ2n) is 3.45. The molecule has 0 spiro atoms. The summed E-state index contributed by atoms with van der Waals surface area (Å²) in [4.78, 5) is 4.26. The van der Waals surface area contributed by atoms with Crippen LogP contribution in [0.2, 0.25) is 0 Å². The van der Waals surface area contributed by atoms with E-state index in [1.807, 2.05) is 17.6 Å². The molecule has 1 atom stereocenters. The van der Waals surface area contributed by atoms with Crippen LogP contribution in [0.5, 0.6) is 0 Å². The lowest BCUT2D eigenvalue weighted by Crippen LogP contribution is -2.14. The molecule has 0 aliphatic rings. The molecular formula is C12H14N2S2. The highest BCUT2D eigenvalue weighted by atomic mass is 32.2. The highest BCUT2D eigenvalue weighted by molar-refractivity contribution is 8.01. The molecule has 2 nitrogen and oxygen atoms in total. The summed E-state index contributed by atoms with van der Waals surface area (Å²) in [5, 5.41) is 2.00. The van der Waals surface area contributed by atoms with Crippen molar-refractivity contribution in [2.24, 2.45) is 5.73 Å². The van der Waals surface area contributed by atoms with Crippen molar-refractivity contribution in [1.82, 2.24) is 4.98 Å². The van der Waals surface area contributed by atoms with Gasteiger partial charge < -0.3 is 5.73 Å². The highest BCUT2D eigenvalue weighted by Gasteiger charge is 2.10. The minimum Gasteiger partial charge on any atom is -0.330 e. The molecule has 1 heterocycles. The molecule has 1 unspecified atom stereocenters. The molecular weight excluding hydrogens is 236 g/mol. The van der Waals surface area contributed by atoms with E-state index < -0.39 is 0 Å². The van der Waals surface area contributed by atoms with Gasteiger partial charge in [0.25, 0.3) is 0 Å². The lowest BCUT2D eigenvalue weighted by molar-refractivity contribution is 0.785. The number of thioether (sulfide) groups is 1.